The van der Waals surface area contributed by atoms with Crippen LogP contribution in [0.25, 0.3) is 22.6 Å². The first-order chi connectivity index (χ1) is 14.7. The third-order valence-electron chi connectivity index (χ3n) is 5.39. The molecule has 1 saturated carbocycles. The predicted octanol–water partition coefficient (Wildman–Crippen LogP) is 3.81. The van der Waals surface area contributed by atoms with Crippen LogP contribution in [0.3, 0.4) is 0 Å². The Labute approximate surface area is 172 Å². The van der Waals surface area contributed by atoms with Crippen molar-refractivity contribution in [2.24, 2.45) is 5.92 Å². The minimum Gasteiger partial charge on any atom is -0.308 e. The lowest BCUT2D eigenvalue weighted by Gasteiger charge is -2.23. The molecule has 1 aliphatic carbocycles. The van der Waals surface area contributed by atoms with Gasteiger partial charge in [-0.05, 0) is 18.9 Å². The number of nitrogens with zero attached hydrogens (tertiary/aromatic N) is 5. The van der Waals surface area contributed by atoms with E-state index in [2.05, 4.69) is 25.6 Å². The second-order valence-electron chi connectivity index (χ2n) is 7.39. The summed E-state index contributed by atoms with van der Waals surface area (Å²) < 4.78 is 15.7. The average molecular weight is 402 g/mol. The van der Waals surface area contributed by atoms with Gasteiger partial charge in [-0.3, -0.25) is 4.79 Å². The van der Waals surface area contributed by atoms with Crippen molar-refractivity contribution in [1.82, 2.24) is 25.0 Å². The van der Waals surface area contributed by atoms with Gasteiger partial charge in [0.05, 0.1) is 6.54 Å². The van der Waals surface area contributed by atoms with E-state index >= 15 is 0 Å². The normalized spacial score (nSPS) is 13.9. The van der Waals surface area contributed by atoms with Crippen LogP contribution < -0.4 is 5.32 Å². The van der Waals surface area contributed by atoms with Gasteiger partial charge in [-0.1, -0.05) is 60.2 Å². The number of nitrogens with one attached hydrogen (secondary N) is 1. The van der Waals surface area contributed by atoms with Gasteiger partial charge < -0.3 is 5.32 Å². The molecule has 0 spiro atoms. The highest BCUT2D eigenvalue weighted by Crippen LogP contribution is 2.29. The molecule has 2 aromatic carbocycles. The van der Waals surface area contributed by atoms with Crippen molar-refractivity contribution in [2.75, 3.05) is 5.32 Å². The quantitative estimate of drug-likeness (QED) is 0.549. The molecule has 5 rings (SSSR count). The smallest absolute Gasteiger partial charge is 0.228 e. The van der Waals surface area contributed by atoms with E-state index in [9.17, 15) is 9.18 Å². The average Bonchev–Trinajstić information content (AvgIpc) is 3.12. The van der Waals surface area contributed by atoms with Crippen LogP contribution in [-0.2, 0) is 11.3 Å². The molecule has 1 amide bonds. The van der Waals surface area contributed by atoms with Crippen LogP contribution in [0.15, 0.2) is 54.6 Å². The monoisotopic (exact) mass is 402 g/mol. The minimum absolute atomic E-state index is 0.00338. The largest absolute Gasteiger partial charge is 0.308 e. The molecule has 30 heavy (non-hydrogen) atoms. The van der Waals surface area contributed by atoms with Gasteiger partial charge in [0.1, 0.15) is 5.82 Å². The first kappa shape index (κ1) is 18.4. The minimum atomic E-state index is -0.322. The molecule has 8 heteroatoms. The molecule has 150 valence electrons. The van der Waals surface area contributed by atoms with E-state index in [4.69, 9.17) is 0 Å². The molecule has 1 aliphatic rings. The first-order valence-electron chi connectivity index (χ1n) is 9.90. The first-order valence-corrected chi connectivity index (χ1v) is 9.90. The SMILES string of the molecule is O=C(Nc1nc(-c2ccccc2)nc2c1nnn2Cc1ccccc1F)C1CCC1. The van der Waals surface area contributed by atoms with Crippen molar-refractivity contribution >= 4 is 22.9 Å². The Morgan fingerprint density at radius 1 is 1.07 bits per heavy atom. The zero-order valence-corrected chi connectivity index (χ0v) is 16.1. The summed E-state index contributed by atoms with van der Waals surface area (Å²) in [5.74, 6) is 0.393. The number of anilines is 1. The second kappa shape index (κ2) is 7.62. The highest BCUT2D eigenvalue weighted by molar-refractivity contribution is 5.98. The molecule has 7 nitrogen and oxygen atoms in total. The van der Waals surface area contributed by atoms with E-state index in [-0.39, 0.29) is 24.2 Å². The zero-order chi connectivity index (χ0) is 20.5. The summed E-state index contributed by atoms with van der Waals surface area (Å²) in [6, 6.07) is 16.0. The van der Waals surface area contributed by atoms with Gasteiger partial charge in [-0.2, -0.15) is 0 Å². The van der Waals surface area contributed by atoms with Crippen LogP contribution >= 0.6 is 0 Å². The molecule has 4 aromatic rings. The fourth-order valence-electron chi connectivity index (χ4n) is 3.44. The van der Waals surface area contributed by atoms with Crippen LogP contribution in [0.2, 0.25) is 0 Å². The fourth-order valence-corrected chi connectivity index (χ4v) is 3.44. The summed E-state index contributed by atoms with van der Waals surface area (Å²) in [6.45, 7) is 0.171. The Kier molecular flexibility index (Phi) is 4.66. The second-order valence-corrected chi connectivity index (χ2v) is 7.39. The third-order valence-corrected chi connectivity index (χ3v) is 5.39. The lowest BCUT2D eigenvalue weighted by atomic mass is 9.85. The highest BCUT2D eigenvalue weighted by Gasteiger charge is 2.27. The van der Waals surface area contributed by atoms with Crippen LogP contribution in [-0.4, -0.2) is 30.9 Å². The number of hydrogen-bond donors (Lipinski definition) is 1. The number of aromatic nitrogens is 5. The van der Waals surface area contributed by atoms with E-state index in [0.29, 0.717) is 28.4 Å². The summed E-state index contributed by atoms with van der Waals surface area (Å²) in [5, 5.41) is 11.3. The van der Waals surface area contributed by atoms with Crippen molar-refractivity contribution in [2.45, 2.75) is 25.8 Å². The van der Waals surface area contributed by atoms with E-state index < -0.39 is 0 Å². The van der Waals surface area contributed by atoms with E-state index in [1.54, 1.807) is 18.2 Å². The van der Waals surface area contributed by atoms with E-state index in [1.807, 2.05) is 30.3 Å². The molecule has 2 aromatic heterocycles. The Hall–Kier alpha value is -3.68. The Balaban J connectivity index is 1.60. The molecule has 0 aliphatic heterocycles. The standard InChI is InChI=1S/C22H19FN6O/c23-17-12-5-4-9-16(17)13-29-21-18(27-28-29)20(26-22(30)15-10-6-11-15)24-19(25-21)14-7-2-1-3-8-14/h1-5,7-9,12,15H,6,10-11,13H2,(H,24,25,26,30). The summed E-state index contributed by atoms with van der Waals surface area (Å²) in [6.07, 6.45) is 2.82. The maximum Gasteiger partial charge on any atom is 0.228 e. The molecule has 0 bridgehead atoms. The molecule has 1 N–H and O–H groups in total. The Bertz CT molecular complexity index is 1220. The predicted molar refractivity (Wildman–Crippen MR) is 110 cm³/mol. The molecular weight excluding hydrogens is 383 g/mol. The number of hydrogen-bond acceptors (Lipinski definition) is 5. The summed E-state index contributed by atoms with van der Waals surface area (Å²) >= 11 is 0. The van der Waals surface area contributed by atoms with Gasteiger partial charge in [0.15, 0.2) is 22.8 Å². The maximum atomic E-state index is 14.2. The molecule has 0 atom stereocenters. The summed E-state index contributed by atoms with van der Waals surface area (Å²) in [4.78, 5) is 21.7. The molecule has 0 radical (unpaired) electrons. The van der Waals surface area contributed by atoms with Gasteiger partial charge in [-0.25, -0.2) is 19.0 Å². The third kappa shape index (κ3) is 3.41. The Morgan fingerprint density at radius 3 is 2.57 bits per heavy atom. The fraction of sp³-hybridized carbons (Fsp3) is 0.227. The number of carbonyl (C=O) groups is 1. The van der Waals surface area contributed by atoms with Crippen LogP contribution in [0.1, 0.15) is 24.8 Å². The molecule has 2 heterocycles. The van der Waals surface area contributed by atoms with Crippen molar-refractivity contribution in [3.05, 3.63) is 66.0 Å². The van der Waals surface area contributed by atoms with Crippen LogP contribution in [0, 0.1) is 11.7 Å². The van der Waals surface area contributed by atoms with E-state index in [1.165, 1.54) is 10.7 Å². The lowest BCUT2D eigenvalue weighted by molar-refractivity contribution is -0.122. The number of rotatable bonds is 5. The van der Waals surface area contributed by atoms with Crippen molar-refractivity contribution in [1.29, 1.82) is 0 Å². The number of halogens is 1. The van der Waals surface area contributed by atoms with Crippen LogP contribution in [0.4, 0.5) is 10.2 Å². The van der Waals surface area contributed by atoms with Crippen molar-refractivity contribution in [3.63, 3.8) is 0 Å². The molecular formula is C22H19FN6O. The van der Waals surface area contributed by atoms with Crippen molar-refractivity contribution in [3.8, 4) is 11.4 Å². The molecule has 0 saturated heterocycles. The highest BCUT2D eigenvalue weighted by atomic mass is 19.1. The van der Waals surface area contributed by atoms with Crippen molar-refractivity contribution < 1.29 is 9.18 Å². The lowest BCUT2D eigenvalue weighted by Crippen LogP contribution is -2.28. The number of benzene rings is 2. The number of fused-ring (bicyclic) bond motifs is 1. The maximum absolute atomic E-state index is 14.2. The van der Waals surface area contributed by atoms with E-state index in [0.717, 1.165) is 24.8 Å². The number of carbonyl (C=O) groups excluding carboxylic acids is 1. The van der Waals surface area contributed by atoms with Gasteiger partial charge in [0.25, 0.3) is 0 Å². The summed E-state index contributed by atoms with van der Waals surface area (Å²) in [7, 11) is 0. The number of amides is 1. The zero-order valence-electron chi connectivity index (χ0n) is 16.1. The Morgan fingerprint density at radius 2 is 1.83 bits per heavy atom. The van der Waals surface area contributed by atoms with Gasteiger partial charge in [-0.15, -0.1) is 5.10 Å². The van der Waals surface area contributed by atoms with Gasteiger partial charge >= 0.3 is 0 Å². The molecule has 0 unspecified atom stereocenters. The molecule has 1 fully saturated rings. The van der Waals surface area contributed by atoms with Gasteiger partial charge in [0, 0.05) is 17.0 Å². The van der Waals surface area contributed by atoms with Gasteiger partial charge in [0.2, 0.25) is 5.91 Å². The summed E-state index contributed by atoms with van der Waals surface area (Å²) in [5.41, 5.74) is 2.11. The van der Waals surface area contributed by atoms with Crippen LogP contribution in [0.5, 0.6) is 0 Å². The topological polar surface area (TPSA) is 85.6 Å².